The molecule has 21 heavy (non-hydrogen) atoms. The number of nitrogens with zero attached hydrogens (tertiary/aromatic N) is 2. The predicted octanol–water partition coefficient (Wildman–Crippen LogP) is 1.01. The van der Waals surface area contributed by atoms with Crippen LogP contribution in [0.3, 0.4) is 0 Å². The van der Waals surface area contributed by atoms with Crippen molar-refractivity contribution in [3.8, 4) is 0 Å². The summed E-state index contributed by atoms with van der Waals surface area (Å²) in [5.41, 5.74) is 6.60. The number of nitrogens with one attached hydrogen (secondary N) is 2. The van der Waals surface area contributed by atoms with E-state index in [1.807, 2.05) is 0 Å². The van der Waals surface area contributed by atoms with Crippen LogP contribution < -0.4 is 10.5 Å². The molecule has 2 rings (SSSR count). The molecule has 0 saturated heterocycles. The lowest BCUT2D eigenvalue weighted by Crippen LogP contribution is -2.14. The summed E-state index contributed by atoms with van der Waals surface area (Å²) in [6.45, 7) is 1.73. The first kappa shape index (κ1) is 15.0. The van der Waals surface area contributed by atoms with E-state index in [4.69, 9.17) is 11.1 Å². The minimum Gasteiger partial charge on any atom is -0.387 e. The number of benzene rings is 1. The lowest BCUT2D eigenvalue weighted by molar-refractivity contribution is 0.598. The van der Waals surface area contributed by atoms with Crippen LogP contribution >= 0.6 is 0 Å². The molecule has 1 heterocycles. The standard InChI is InChI=1S/C13H17N5O2S/c1-9-16-13(8-18(9)2)21(19,20)17-11-5-3-10(4-6-11)7-12(14)15/h3-6,8,17H,7H2,1-2H3,(H3,14,15). The van der Waals surface area contributed by atoms with Crippen LogP contribution in [0.2, 0.25) is 0 Å². The lowest BCUT2D eigenvalue weighted by Gasteiger charge is -2.06. The monoisotopic (exact) mass is 307 g/mol. The minimum atomic E-state index is -3.70. The number of hydrogen-bond donors (Lipinski definition) is 3. The molecule has 0 amide bonds. The van der Waals surface area contributed by atoms with Gasteiger partial charge < -0.3 is 10.3 Å². The molecule has 0 atom stereocenters. The summed E-state index contributed by atoms with van der Waals surface area (Å²) >= 11 is 0. The van der Waals surface area contributed by atoms with Crippen molar-refractivity contribution < 1.29 is 8.42 Å². The van der Waals surface area contributed by atoms with Gasteiger partial charge in [0, 0.05) is 25.4 Å². The van der Waals surface area contributed by atoms with E-state index in [1.165, 1.54) is 6.20 Å². The predicted molar refractivity (Wildman–Crippen MR) is 80.8 cm³/mol. The first-order chi connectivity index (χ1) is 9.78. The fourth-order valence-corrected chi connectivity index (χ4v) is 2.87. The van der Waals surface area contributed by atoms with Gasteiger partial charge in [0.1, 0.15) is 5.82 Å². The maximum Gasteiger partial charge on any atom is 0.280 e. The molecule has 0 bridgehead atoms. The van der Waals surface area contributed by atoms with Crippen LogP contribution in [-0.2, 0) is 23.5 Å². The normalized spacial score (nSPS) is 11.3. The third-order valence-electron chi connectivity index (χ3n) is 2.96. The molecule has 2 aromatic rings. The van der Waals surface area contributed by atoms with E-state index < -0.39 is 10.0 Å². The maximum atomic E-state index is 12.2. The first-order valence-corrected chi connectivity index (χ1v) is 7.71. The third kappa shape index (κ3) is 3.60. The average molecular weight is 307 g/mol. The highest BCUT2D eigenvalue weighted by molar-refractivity contribution is 7.92. The molecular weight excluding hydrogens is 290 g/mol. The van der Waals surface area contributed by atoms with Gasteiger partial charge in [0.25, 0.3) is 10.0 Å². The number of aryl methyl sites for hydroxylation is 2. The van der Waals surface area contributed by atoms with Gasteiger partial charge in [-0.05, 0) is 24.6 Å². The van der Waals surface area contributed by atoms with E-state index >= 15 is 0 Å². The number of hydrogen-bond acceptors (Lipinski definition) is 4. The van der Waals surface area contributed by atoms with Crippen molar-refractivity contribution in [2.24, 2.45) is 12.8 Å². The zero-order valence-electron chi connectivity index (χ0n) is 11.8. The van der Waals surface area contributed by atoms with Gasteiger partial charge in [0.15, 0.2) is 5.03 Å². The Morgan fingerprint density at radius 3 is 2.48 bits per heavy atom. The molecule has 0 aliphatic rings. The van der Waals surface area contributed by atoms with Gasteiger partial charge in [-0.15, -0.1) is 0 Å². The topological polar surface area (TPSA) is 114 Å². The molecule has 7 nitrogen and oxygen atoms in total. The molecule has 8 heteroatoms. The molecular formula is C13H17N5O2S. The Morgan fingerprint density at radius 1 is 1.38 bits per heavy atom. The summed E-state index contributed by atoms with van der Waals surface area (Å²) in [5.74, 6) is 0.680. The molecule has 0 saturated carbocycles. The molecule has 0 unspecified atom stereocenters. The Labute approximate surface area is 123 Å². The van der Waals surface area contributed by atoms with Gasteiger partial charge in [-0.25, -0.2) is 4.98 Å². The van der Waals surface area contributed by atoms with Crippen LogP contribution in [0.5, 0.6) is 0 Å². The van der Waals surface area contributed by atoms with Crippen LogP contribution in [0.1, 0.15) is 11.4 Å². The van der Waals surface area contributed by atoms with Crippen molar-refractivity contribution in [3.63, 3.8) is 0 Å². The number of amidine groups is 1. The Kier molecular flexibility index (Phi) is 3.99. The van der Waals surface area contributed by atoms with E-state index in [9.17, 15) is 8.42 Å². The van der Waals surface area contributed by atoms with Gasteiger partial charge in [0.2, 0.25) is 0 Å². The van der Waals surface area contributed by atoms with E-state index in [0.29, 0.717) is 17.9 Å². The zero-order chi connectivity index (χ0) is 15.6. The van der Waals surface area contributed by atoms with Crippen LogP contribution in [0, 0.1) is 12.3 Å². The molecule has 0 spiro atoms. The molecule has 4 N–H and O–H groups in total. The second-order valence-electron chi connectivity index (χ2n) is 4.74. The number of nitrogens with two attached hydrogens (primary N) is 1. The van der Waals surface area contributed by atoms with Crippen LogP contribution in [-0.4, -0.2) is 23.8 Å². The Morgan fingerprint density at radius 2 is 2.00 bits per heavy atom. The molecule has 1 aromatic carbocycles. The van der Waals surface area contributed by atoms with Crippen molar-refractivity contribution in [1.82, 2.24) is 9.55 Å². The van der Waals surface area contributed by atoms with Gasteiger partial charge in [-0.3, -0.25) is 10.1 Å². The maximum absolute atomic E-state index is 12.2. The second-order valence-corrected chi connectivity index (χ2v) is 6.37. The van der Waals surface area contributed by atoms with E-state index in [-0.39, 0.29) is 10.9 Å². The van der Waals surface area contributed by atoms with Crippen molar-refractivity contribution in [3.05, 3.63) is 41.9 Å². The summed E-state index contributed by atoms with van der Waals surface area (Å²) in [4.78, 5) is 4.00. The van der Waals surface area contributed by atoms with E-state index in [2.05, 4.69) is 9.71 Å². The summed E-state index contributed by atoms with van der Waals surface area (Å²) in [6, 6.07) is 6.71. The highest BCUT2D eigenvalue weighted by Crippen LogP contribution is 2.16. The van der Waals surface area contributed by atoms with Crippen LogP contribution in [0.15, 0.2) is 35.5 Å². The largest absolute Gasteiger partial charge is 0.387 e. The quantitative estimate of drug-likeness (QED) is 0.565. The number of rotatable bonds is 5. The van der Waals surface area contributed by atoms with Gasteiger partial charge >= 0.3 is 0 Å². The number of aromatic nitrogens is 2. The van der Waals surface area contributed by atoms with Crippen molar-refractivity contribution >= 4 is 21.5 Å². The lowest BCUT2D eigenvalue weighted by atomic mass is 10.1. The van der Waals surface area contributed by atoms with Gasteiger partial charge in [-0.2, -0.15) is 8.42 Å². The van der Waals surface area contributed by atoms with E-state index in [0.717, 1.165) is 5.56 Å². The Hall–Kier alpha value is -2.35. The first-order valence-electron chi connectivity index (χ1n) is 6.22. The zero-order valence-corrected chi connectivity index (χ0v) is 12.6. The SMILES string of the molecule is Cc1nc(S(=O)(=O)Nc2ccc(CC(=N)N)cc2)cn1C. The van der Waals surface area contributed by atoms with Crippen LogP contribution in [0.4, 0.5) is 5.69 Å². The average Bonchev–Trinajstić information content (AvgIpc) is 2.72. The highest BCUT2D eigenvalue weighted by atomic mass is 32.2. The fraction of sp³-hybridized carbons (Fsp3) is 0.231. The minimum absolute atomic E-state index is 0.0182. The molecule has 0 aliphatic carbocycles. The smallest absolute Gasteiger partial charge is 0.280 e. The van der Waals surface area contributed by atoms with Gasteiger partial charge in [-0.1, -0.05) is 12.1 Å². The molecule has 1 aromatic heterocycles. The van der Waals surface area contributed by atoms with E-state index in [1.54, 1.807) is 42.8 Å². The molecule has 0 fully saturated rings. The number of imidazole rings is 1. The summed E-state index contributed by atoms with van der Waals surface area (Å²) in [6.07, 6.45) is 1.80. The van der Waals surface area contributed by atoms with Crippen molar-refractivity contribution in [2.75, 3.05) is 4.72 Å². The molecule has 0 aliphatic heterocycles. The summed E-state index contributed by atoms with van der Waals surface area (Å²) in [7, 11) is -1.97. The third-order valence-corrected chi connectivity index (χ3v) is 4.21. The highest BCUT2D eigenvalue weighted by Gasteiger charge is 2.18. The molecule has 0 radical (unpaired) electrons. The van der Waals surface area contributed by atoms with Gasteiger partial charge in [0.05, 0.1) is 5.84 Å². The fourth-order valence-electron chi connectivity index (χ4n) is 1.77. The number of anilines is 1. The van der Waals surface area contributed by atoms with Crippen LogP contribution in [0.25, 0.3) is 0 Å². The summed E-state index contributed by atoms with van der Waals surface area (Å²) < 4.78 is 28.5. The second kappa shape index (κ2) is 5.57. The Balaban J connectivity index is 2.18. The molecule has 112 valence electrons. The van der Waals surface area contributed by atoms with Crippen molar-refractivity contribution in [1.29, 1.82) is 5.41 Å². The summed E-state index contributed by atoms with van der Waals surface area (Å²) in [5, 5.41) is 7.20. The Bertz CT molecular complexity index is 743. The number of sulfonamides is 1. The van der Waals surface area contributed by atoms with Crippen molar-refractivity contribution in [2.45, 2.75) is 18.4 Å².